The highest BCUT2D eigenvalue weighted by Crippen LogP contribution is 2.32. The SMILES string of the molecule is Cc1cccc(C)c1CC(=O)N(c1ccccc1)C1CCN(CC2COc3ccccc3O2)CC1. The zero-order valence-electron chi connectivity index (χ0n) is 20.7. The quantitative estimate of drug-likeness (QED) is 0.498. The largest absolute Gasteiger partial charge is 0.486 e. The number of piperidine rings is 1. The molecule has 1 amide bonds. The first-order valence-electron chi connectivity index (χ1n) is 12.6. The second-order valence-corrected chi connectivity index (χ2v) is 9.68. The maximum Gasteiger partial charge on any atom is 0.231 e. The molecule has 0 bridgehead atoms. The third-order valence-corrected chi connectivity index (χ3v) is 7.23. The molecule has 2 aliphatic heterocycles. The van der Waals surface area contributed by atoms with Gasteiger partial charge in [0.2, 0.25) is 5.91 Å². The molecule has 35 heavy (non-hydrogen) atoms. The Kier molecular flexibility index (Phi) is 7.05. The fraction of sp³-hybridized carbons (Fsp3) is 0.367. The van der Waals surface area contributed by atoms with Crippen LogP contribution in [0.4, 0.5) is 5.69 Å². The van der Waals surface area contributed by atoms with Gasteiger partial charge < -0.3 is 14.4 Å². The minimum atomic E-state index is 0.0253. The Morgan fingerprint density at radius 2 is 1.54 bits per heavy atom. The maximum atomic E-state index is 13.7. The van der Waals surface area contributed by atoms with Gasteiger partial charge in [-0.1, -0.05) is 48.5 Å². The predicted octanol–water partition coefficient (Wildman–Crippen LogP) is 5.18. The summed E-state index contributed by atoms with van der Waals surface area (Å²) in [7, 11) is 0. The van der Waals surface area contributed by atoms with Crippen molar-refractivity contribution in [2.45, 2.75) is 45.3 Å². The fourth-order valence-electron chi connectivity index (χ4n) is 5.31. The molecule has 0 aliphatic carbocycles. The fourth-order valence-corrected chi connectivity index (χ4v) is 5.31. The third-order valence-electron chi connectivity index (χ3n) is 7.23. The molecule has 2 heterocycles. The van der Waals surface area contributed by atoms with Crippen molar-refractivity contribution in [3.8, 4) is 11.5 Å². The van der Waals surface area contributed by atoms with E-state index in [-0.39, 0.29) is 18.1 Å². The normalized spacial score (nSPS) is 18.3. The monoisotopic (exact) mass is 470 g/mol. The van der Waals surface area contributed by atoms with E-state index in [0.717, 1.165) is 55.2 Å². The summed E-state index contributed by atoms with van der Waals surface area (Å²) in [6.45, 7) is 7.47. The minimum Gasteiger partial charge on any atom is -0.486 e. The number of carbonyl (C=O) groups is 1. The van der Waals surface area contributed by atoms with Crippen molar-refractivity contribution < 1.29 is 14.3 Å². The Labute approximate surface area is 208 Å². The number of carbonyl (C=O) groups excluding carboxylic acids is 1. The van der Waals surface area contributed by atoms with Crippen molar-refractivity contribution in [3.63, 3.8) is 0 Å². The van der Waals surface area contributed by atoms with Gasteiger partial charge in [-0.05, 0) is 67.6 Å². The summed E-state index contributed by atoms with van der Waals surface area (Å²) in [5.74, 6) is 1.82. The molecule has 5 heteroatoms. The van der Waals surface area contributed by atoms with Crippen LogP contribution in [0, 0.1) is 13.8 Å². The number of benzene rings is 3. The van der Waals surface area contributed by atoms with E-state index in [9.17, 15) is 4.79 Å². The van der Waals surface area contributed by atoms with Crippen LogP contribution >= 0.6 is 0 Å². The Morgan fingerprint density at radius 3 is 2.26 bits per heavy atom. The van der Waals surface area contributed by atoms with Gasteiger partial charge in [-0.2, -0.15) is 0 Å². The number of ether oxygens (including phenoxy) is 2. The predicted molar refractivity (Wildman–Crippen MR) is 139 cm³/mol. The molecule has 1 saturated heterocycles. The Hall–Kier alpha value is -3.31. The summed E-state index contributed by atoms with van der Waals surface area (Å²) in [5, 5.41) is 0. The van der Waals surface area contributed by atoms with E-state index in [4.69, 9.17) is 9.47 Å². The van der Waals surface area contributed by atoms with Gasteiger partial charge >= 0.3 is 0 Å². The molecular formula is C30H34N2O3. The van der Waals surface area contributed by atoms with Gasteiger partial charge in [-0.3, -0.25) is 9.69 Å². The average molecular weight is 471 g/mol. The second-order valence-electron chi connectivity index (χ2n) is 9.68. The lowest BCUT2D eigenvalue weighted by atomic mass is 9.97. The van der Waals surface area contributed by atoms with E-state index in [2.05, 4.69) is 54.0 Å². The number of hydrogen-bond acceptors (Lipinski definition) is 4. The molecule has 0 N–H and O–H groups in total. The number of aryl methyl sites for hydroxylation is 2. The topological polar surface area (TPSA) is 42.0 Å². The molecule has 182 valence electrons. The molecule has 0 spiro atoms. The van der Waals surface area contributed by atoms with Gasteiger partial charge in [0.15, 0.2) is 11.5 Å². The molecular weight excluding hydrogens is 436 g/mol. The molecule has 2 aliphatic rings. The van der Waals surface area contributed by atoms with Gasteiger partial charge in [0.25, 0.3) is 0 Å². The summed E-state index contributed by atoms with van der Waals surface area (Å²) in [6, 6.07) is 24.4. The van der Waals surface area contributed by atoms with Crippen LogP contribution in [0.5, 0.6) is 11.5 Å². The van der Waals surface area contributed by atoms with Crippen LogP contribution in [-0.2, 0) is 11.2 Å². The zero-order valence-corrected chi connectivity index (χ0v) is 20.7. The van der Waals surface area contributed by atoms with Crippen molar-refractivity contribution >= 4 is 11.6 Å². The van der Waals surface area contributed by atoms with Crippen molar-refractivity contribution in [2.75, 3.05) is 31.1 Å². The van der Waals surface area contributed by atoms with Crippen LogP contribution in [-0.4, -0.2) is 49.2 Å². The van der Waals surface area contributed by atoms with Gasteiger partial charge in [0.1, 0.15) is 12.7 Å². The lowest BCUT2D eigenvalue weighted by molar-refractivity contribution is -0.118. The number of anilines is 1. The van der Waals surface area contributed by atoms with Crippen LogP contribution in [0.1, 0.15) is 29.5 Å². The maximum absolute atomic E-state index is 13.7. The van der Waals surface area contributed by atoms with Crippen molar-refractivity contribution in [3.05, 3.63) is 89.5 Å². The molecule has 0 saturated carbocycles. The van der Waals surface area contributed by atoms with Crippen LogP contribution in [0.2, 0.25) is 0 Å². The Morgan fingerprint density at radius 1 is 0.886 bits per heavy atom. The van der Waals surface area contributed by atoms with Gasteiger partial charge in [0, 0.05) is 31.4 Å². The lowest BCUT2D eigenvalue weighted by Crippen LogP contribution is -2.50. The number of fused-ring (bicyclic) bond motifs is 1. The number of amides is 1. The summed E-state index contributed by atoms with van der Waals surface area (Å²) >= 11 is 0. The highest BCUT2D eigenvalue weighted by atomic mass is 16.6. The van der Waals surface area contributed by atoms with Gasteiger partial charge in [-0.15, -0.1) is 0 Å². The molecule has 5 rings (SSSR count). The van der Waals surface area contributed by atoms with E-state index in [1.807, 2.05) is 42.5 Å². The van der Waals surface area contributed by atoms with E-state index >= 15 is 0 Å². The van der Waals surface area contributed by atoms with Crippen molar-refractivity contribution in [1.29, 1.82) is 0 Å². The van der Waals surface area contributed by atoms with E-state index in [1.54, 1.807) is 0 Å². The summed E-state index contributed by atoms with van der Waals surface area (Å²) in [4.78, 5) is 18.2. The number of hydrogen-bond donors (Lipinski definition) is 0. The molecule has 1 fully saturated rings. The first kappa shape index (κ1) is 23.4. The van der Waals surface area contributed by atoms with Gasteiger partial charge in [0.05, 0.1) is 6.42 Å². The Balaban J connectivity index is 1.25. The highest BCUT2D eigenvalue weighted by molar-refractivity contribution is 5.95. The van der Waals surface area contributed by atoms with Crippen molar-refractivity contribution in [2.24, 2.45) is 0 Å². The zero-order chi connectivity index (χ0) is 24.2. The van der Waals surface area contributed by atoms with Gasteiger partial charge in [-0.25, -0.2) is 0 Å². The van der Waals surface area contributed by atoms with Crippen LogP contribution in [0.15, 0.2) is 72.8 Å². The lowest BCUT2D eigenvalue weighted by Gasteiger charge is -2.40. The van der Waals surface area contributed by atoms with E-state index < -0.39 is 0 Å². The highest BCUT2D eigenvalue weighted by Gasteiger charge is 2.31. The first-order chi connectivity index (χ1) is 17.1. The molecule has 5 nitrogen and oxygen atoms in total. The van der Waals surface area contributed by atoms with Crippen LogP contribution in [0.3, 0.4) is 0 Å². The molecule has 0 radical (unpaired) electrons. The Bertz CT molecular complexity index is 1140. The molecule has 3 aromatic rings. The summed E-state index contributed by atoms with van der Waals surface area (Å²) < 4.78 is 12.1. The summed E-state index contributed by atoms with van der Waals surface area (Å²) in [6.07, 6.45) is 2.34. The number of likely N-dealkylation sites (tertiary alicyclic amines) is 1. The number of rotatable bonds is 6. The third kappa shape index (κ3) is 5.35. The molecule has 0 aromatic heterocycles. The average Bonchev–Trinajstić information content (AvgIpc) is 2.88. The van der Waals surface area contributed by atoms with Crippen LogP contribution in [0.25, 0.3) is 0 Å². The van der Waals surface area contributed by atoms with E-state index in [1.165, 1.54) is 11.1 Å². The molecule has 1 atom stereocenters. The summed E-state index contributed by atoms with van der Waals surface area (Å²) in [5.41, 5.74) is 4.49. The van der Waals surface area contributed by atoms with Crippen LogP contribution < -0.4 is 14.4 Å². The number of para-hydroxylation sites is 3. The minimum absolute atomic E-state index is 0.0253. The smallest absolute Gasteiger partial charge is 0.231 e. The number of nitrogens with zero attached hydrogens (tertiary/aromatic N) is 2. The van der Waals surface area contributed by atoms with E-state index in [0.29, 0.717) is 13.0 Å². The van der Waals surface area contributed by atoms with Crippen molar-refractivity contribution in [1.82, 2.24) is 4.90 Å². The molecule has 3 aromatic carbocycles. The standard InChI is InChI=1S/C30H34N2O3/c1-22-9-8-10-23(2)27(22)19-30(33)32(24-11-4-3-5-12-24)25-15-17-31(18-16-25)20-26-21-34-28-13-6-7-14-29(28)35-26/h3-14,25-26H,15-21H2,1-2H3. The second kappa shape index (κ2) is 10.5. The first-order valence-corrected chi connectivity index (χ1v) is 12.6. The molecule has 1 unspecified atom stereocenters.